The number of nitrogens with one attached hydrogen (secondary N) is 3. The summed E-state index contributed by atoms with van der Waals surface area (Å²) < 4.78 is 5.36. The molecule has 1 rings (SSSR count). The van der Waals surface area contributed by atoms with E-state index < -0.39 is 16.9 Å². The van der Waals surface area contributed by atoms with Crippen molar-refractivity contribution in [3.63, 3.8) is 0 Å². The zero-order chi connectivity index (χ0) is 16.7. The first-order chi connectivity index (χ1) is 10.3. The van der Waals surface area contributed by atoms with Gasteiger partial charge >= 0.3 is 5.69 Å². The van der Waals surface area contributed by atoms with Crippen LogP contribution in [-0.4, -0.2) is 28.6 Å². The highest BCUT2D eigenvalue weighted by Crippen LogP contribution is 2.28. The number of ether oxygens (including phenoxy) is 1. The van der Waals surface area contributed by atoms with Gasteiger partial charge in [0, 0.05) is 12.6 Å². The maximum absolute atomic E-state index is 11.8. The van der Waals surface area contributed by atoms with E-state index in [0.29, 0.717) is 6.54 Å². The molecule has 0 saturated heterocycles. The third kappa shape index (κ3) is 5.17. The minimum absolute atomic E-state index is 0.0347. The van der Waals surface area contributed by atoms with Crippen LogP contribution in [0.3, 0.4) is 0 Å². The van der Waals surface area contributed by atoms with Crippen molar-refractivity contribution in [1.82, 2.24) is 16.2 Å². The summed E-state index contributed by atoms with van der Waals surface area (Å²) in [5, 5.41) is 14.1. The molecule has 120 valence electrons. The molecule has 1 atom stereocenters. The molecule has 0 aliphatic carbocycles. The summed E-state index contributed by atoms with van der Waals surface area (Å²) in [6.07, 6.45) is -0.932. The zero-order valence-electron chi connectivity index (χ0n) is 12.5. The summed E-state index contributed by atoms with van der Waals surface area (Å²) in [6.45, 7) is 5.69. The van der Waals surface area contributed by atoms with Gasteiger partial charge in [0.15, 0.2) is 17.0 Å². The highest BCUT2D eigenvalue weighted by Gasteiger charge is 2.21. The van der Waals surface area contributed by atoms with Crippen LogP contribution in [-0.2, 0) is 4.79 Å². The maximum Gasteiger partial charge on any atom is 0.311 e. The first-order valence-electron chi connectivity index (χ1n) is 6.60. The van der Waals surface area contributed by atoms with Crippen LogP contribution >= 0.6 is 12.2 Å². The lowest BCUT2D eigenvalue weighted by molar-refractivity contribution is -0.386. The standard InChI is InChI=1S/C13H18N4O4S/c1-4-14-13(22)16-15-12(18)9(3)21-11-6-5-8(2)7-10(11)17(19)20/h5-7,9H,4H2,1-3H3,(H,15,18)(H2,14,16,22)/t9-/m0/s1. The number of aryl methyl sites for hydroxylation is 1. The Morgan fingerprint density at radius 3 is 2.73 bits per heavy atom. The van der Waals surface area contributed by atoms with E-state index in [1.165, 1.54) is 19.1 Å². The fourth-order valence-electron chi connectivity index (χ4n) is 1.54. The summed E-state index contributed by atoms with van der Waals surface area (Å²) >= 11 is 4.89. The first-order valence-corrected chi connectivity index (χ1v) is 7.01. The monoisotopic (exact) mass is 326 g/mol. The Kier molecular flexibility index (Phi) is 6.51. The van der Waals surface area contributed by atoms with E-state index in [9.17, 15) is 14.9 Å². The molecule has 1 aromatic rings. The van der Waals surface area contributed by atoms with Crippen LogP contribution in [0.25, 0.3) is 0 Å². The molecule has 0 bridgehead atoms. The third-order valence-electron chi connectivity index (χ3n) is 2.62. The van der Waals surface area contributed by atoms with Gasteiger partial charge in [0.1, 0.15) is 0 Å². The largest absolute Gasteiger partial charge is 0.474 e. The van der Waals surface area contributed by atoms with Crippen molar-refractivity contribution in [2.45, 2.75) is 26.9 Å². The average molecular weight is 326 g/mol. The molecule has 0 radical (unpaired) electrons. The molecule has 0 aromatic heterocycles. The van der Waals surface area contributed by atoms with E-state index in [0.717, 1.165) is 5.56 Å². The Morgan fingerprint density at radius 1 is 1.45 bits per heavy atom. The Hall–Kier alpha value is -2.42. The second kappa shape index (κ2) is 8.13. The SMILES string of the molecule is CCNC(=S)NNC(=O)[C@H](C)Oc1ccc(C)cc1[N+](=O)[O-]. The number of nitro groups is 1. The van der Waals surface area contributed by atoms with Gasteiger partial charge in [0.05, 0.1) is 4.92 Å². The summed E-state index contributed by atoms with van der Waals surface area (Å²) in [7, 11) is 0. The Bertz CT molecular complexity index is 579. The van der Waals surface area contributed by atoms with Crippen molar-refractivity contribution in [2.24, 2.45) is 0 Å². The van der Waals surface area contributed by atoms with Crippen LogP contribution in [0.2, 0.25) is 0 Å². The minimum atomic E-state index is -0.932. The normalized spacial score (nSPS) is 11.2. The lowest BCUT2D eigenvalue weighted by atomic mass is 10.2. The fourth-order valence-corrected chi connectivity index (χ4v) is 1.73. The zero-order valence-corrected chi connectivity index (χ0v) is 13.3. The molecule has 8 nitrogen and oxygen atoms in total. The lowest BCUT2D eigenvalue weighted by Gasteiger charge is -2.16. The van der Waals surface area contributed by atoms with Gasteiger partial charge in [-0.05, 0) is 44.6 Å². The van der Waals surface area contributed by atoms with Gasteiger partial charge in [0.2, 0.25) is 0 Å². The molecule has 0 aliphatic rings. The molecule has 0 heterocycles. The van der Waals surface area contributed by atoms with Crippen LogP contribution < -0.4 is 20.9 Å². The third-order valence-corrected chi connectivity index (χ3v) is 2.87. The van der Waals surface area contributed by atoms with Gasteiger partial charge in [-0.25, -0.2) is 0 Å². The first kappa shape index (κ1) is 17.6. The predicted molar refractivity (Wildman–Crippen MR) is 85.5 cm³/mol. The molecular weight excluding hydrogens is 308 g/mol. The lowest BCUT2D eigenvalue weighted by Crippen LogP contribution is -2.50. The van der Waals surface area contributed by atoms with E-state index in [-0.39, 0.29) is 16.5 Å². The maximum atomic E-state index is 11.8. The molecule has 0 spiro atoms. The van der Waals surface area contributed by atoms with Gasteiger partial charge in [-0.15, -0.1) is 0 Å². The molecule has 0 aliphatic heterocycles. The number of nitrogens with zero attached hydrogens (tertiary/aromatic N) is 1. The number of carbonyl (C=O) groups is 1. The van der Waals surface area contributed by atoms with Crippen LogP contribution in [0.4, 0.5) is 5.69 Å². The number of hydrogen-bond donors (Lipinski definition) is 3. The van der Waals surface area contributed by atoms with Crippen LogP contribution in [0, 0.1) is 17.0 Å². The number of nitro benzene ring substituents is 1. The second-order valence-corrected chi connectivity index (χ2v) is 4.87. The van der Waals surface area contributed by atoms with Crippen molar-refractivity contribution in [3.05, 3.63) is 33.9 Å². The number of rotatable bonds is 5. The summed E-state index contributed by atoms with van der Waals surface area (Å²) in [5.41, 5.74) is 5.41. The van der Waals surface area contributed by atoms with Crippen molar-refractivity contribution >= 4 is 28.9 Å². The Morgan fingerprint density at radius 2 is 2.14 bits per heavy atom. The highest BCUT2D eigenvalue weighted by molar-refractivity contribution is 7.80. The van der Waals surface area contributed by atoms with Crippen molar-refractivity contribution < 1.29 is 14.5 Å². The number of hydrazine groups is 1. The van der Waals surface area contributed by atoms with Gasteiger partial charge in [-0.2, -0.15) is 0 Å². The Balaban J connectivity index is 2.68. The molecule has 0 unspecified atom stereocenters. The van der Waals surface area contributed by atoms with Crippen molar-refractivity contribution in [1.29, 1.82) is 0 Å². The van der Waals surface area contributed by atoms with Gasteiger partial charge in [-0.1, -0.05) is 6.07 Å². The molecule has 1 aromatic carbocycles. The second-order valence-electron chi connectivity index (χ2n) is 4.46. The smallest absolute Gasteiger partial charge is 0.311 e. The van der Waals surface area contributed by atoms with E-state index in [1.54, 1.807) is 13.0 Å². The van der Waals surface area contributed by atoms with Crippen LogP contribution in [0.1, 0.15) is 19.4 Å². The van der Waals surface area contributed by atoms with E-state index in [2.05, 4.69) is 16.2 Å². The van der Waals surface area contributed by atoms with E-state index >= 15 is 0 Å². The quantitative estimate of drug-likeness (QED) is 0.424. The van der Waals surface area contributed by atoms with Crippen LogP contribution in [0.15, 0.2) is 18.2 Å². The number of thiocarbonyl (C=S) groups is 1. The van der Waals surface area contributed by atoms with Crippen molar-refractivity contribution in [2.75, 3.05) is 6.54 Å². The number of benzene rings is 1. The summed E-state index contributed by atoms with van der Waals surface area (Å²) in [5.74, 6) is -0.470. The predicted octanol–water partition coefficient (Wildman–Crippen LogP) is 1.19. The molecule has 1 amide bonds. The van der Waals surface area contributed by atoms with Gasteiger partial charge in [0.25, 0.3) is 5.91 Å². The molecular formula is C13H18N4O4S. The van der Waals surface area contributed by atoms with Gasteiger partial charge < -0.3 is 10.1 Å². The average Bonchev–Trinajstić information content (AvgIpc) is 2.46. The van der Waals surface area contributed by atoms with E-state index in [1.807, 2.05) is 6.92 Å². The number of amides is 1. The van der Waals surface area contributed by atoms with E-state index in [4.69, 9.17) is 17.0 Å². The minimum Gasteiger partial charge on any atom is -0.474 e. The topological polar surface area (TPSA) is 106 Å². The Labute approximate surface area is 133 Å². The van der Waals surface area contributed by atoms with Crippen LogP contribution in [0.5, 0.6) is 5.75 Å². The highest BCUT2D eigenvalue weighted by atomic mass is 32.1. The molecule has 22 heavy (non-hydrogen) atoms. The fraction of sp³-hybridized carbons (Fsp3) is 0.385. The number of carbonyl (C=O) groups excluding carboxylic acids is 1. The summed E-state index contributed by atoms with van der Waals surface area (Å²) in [6, 6.07) is 4.53. The molecule has 9 heteroatoms. The summed E-state index contributed by atoms with van der Waals surface area (Å²) in [4.78, 5) is 22.3. The van der Waals surface area contributed by atoms with Gasteiger partial charge in [-0.3, -0.25) is 25.8 Å². The number of hydrogen-bond acceptors (Lipinski definition) is 5. The van der Waals surface area contributed by atoms with Crippen molar-refractivity contribution in [3.8, 4) is 5.75 Å². The molecule has 3 N–H and O–H groups in total. The molecule has 0 fully saturated rings. The molecule has 0 saturated carbocycles.